The number of nitrogens with zero attached hydrogens (tertiary/aromatic N) is 5. The molecule has 27 heteroatoms. The van der Waals surface area contributed by atoms with Gasteiger partial charge in [-0.15, -0.1) is 0 Å². The van der Waals surface area contributed by atoms with E-state index in [1.54, 1.807) is 0 Å². The Bertz CT molecular complexity index is 1790. The van der Waals surface area contributed by atoms with Crippen molar-refractivity contribution in [3.63, 3.8) is 0 Å². The summed E-state index contributed by atoms with van der Waals surface area (Å²) in [5.41, 5.74) is 10.3. The maximum atomic E-state index is 12.6. The minimum absolute atomic E-state index is 0.0463. The first-order valence-electron chi connectivity index (χ1n) is 13.4. The average Bonchev–Trinajstić information content (AvgIpc) is 3.52. The molecule has 11 N–H and O–H groups in total. The molecule has 0 bridgehead atoms. The van der Waals surface area contributed by atoms with E-state index >= 15 is 0 Å². The number of phosphoric ester groups is 2. The van der Waals surface area contributed by atoms with Crippen molar-refractivity contribution in [2.45, 2.75) is 59.5 Å². The number of ether oxygens (including phenoxy) is 2. The molecule has 258 valence electrons. The fraction of sp³-hybridized carbons (Fsp3) is 0.600. The molecule has 4 aliphatic rings. The first-order chi connectivity index (χ1) is 22.0. The molecular weight excluding hydrogens is 714 g/mol. The van der Waals surface area contributed by atoms with Crippen LogP contribution in [0.1, 0.15) is 6.23 Å². The van der Waals surface area contributed by atoms with Crippen LogP contribution in [-0.4, -0.2) is 124 Å². The minimum Gasteiger partial charge on any atom is -0.387 e. The van der Waals surface area contributed by atoms with Gasteiger partial charge in [-0.25, -0.2) is 19.1 Å². The number of nitrogens with one attached hydrogen (secondary N) is 3. The first kappa shape index (κ1) is 34.4. The van der Waals surface area contributed by atoms with E-state index in [2.05, 4.69) is 65.1 Å². The number of anilines is 1. The highest BCUT2D eigenvalue weighted by Gasteiger charge is 2.50. The predicted octanol–water partition coefficient (Wildman–Crippen LogP) is -3.92. The number of aromatic amines is 1. The van der Waals surface area contributed by atoms with Gasteiger partial charge in [0.2, 0.25) is 11.9 Å². The number of nitrogens with two attached hydrogens (primary N) is 2. The van der Waals surface area contributed by atoms with Gasteiger partial charge in [-0.05, 0) is 0 Å². The number of thiol groups is 2. The molecule has 4 aliphatic heterocycles. The number of fused-ring (bicyclic) bond motifs is 3. The maximum absolute atomic E-state index is 12.6. The van der Waals surface area contributed by atoms with E-state index in [9.17, 15) is 38.7 Å². The third kappa shape index (κ3) is 6.87. The van der Waals surface area contributed by atoms with Crippen molar-refractivity contribution in [2.75, 3.05) is 18.9 Å². The molecule has 3 unspecified atom stereocenters. The summed E-state index contributed by atoms with van der Waals surface area (Å²) < 4.78 is 51.7. The number of aromatic nitrogens is 4. The molecule has 0 aromatic carbocycles. The number of amidine groups is 1. The van der Waals surface area contributed by atoms with Crippen LogP contribution >= 0.6 is 40.9 Å². The summed E-state index contributed by atoms with van der Waals surface area (Å²) in [6, 6.07) is -1.55. The van der Waals surface area contributed by atoms with Crippen LogP contribution in [0, 0.1) is 0 Å². The van der Waals surface area contributed by atoms with Gasteiger partial charge >= 0.3 is 15.6 Å². The summed E-state index contributed by atoms with van der Waals surface area (Å²) in [6.07, 6.45) is -7.18. The van der Waals surface area contributed by atoms with Crippen LogP contribution in [0.5, 0.6) is 0 Å². The Kier molecular flexibility index (Phi) is 9.34. The Labute approximate surface area is 273 Å². The van der Waals surface area contributed by atoms with E-state index in [4.69, 9.17) is 30.0 Å². The summed E-state index contributed by atoms with van der Waals surface area (Å²) >= 11 is 8.98. The number of aliphatic hydroxyl groups is 2. The van der Waals surface area contributed by atoms with E-state index in [1.165, 1.54) is 0 Å². The SMILES string of the molecule is NC1=NC2=N[C@@H]3O[C@H](COP(=O)(O)OP(=O)(O)OC[C@H]4O[C@@H](n5cnc6c(=O)[nH]c(N)nc65)[C@H](O)[C@@H]4O)[C@H](S)[C@H](S)[C@@H]3NC2C(=O)N1. The average molecular weight is 743 g/mol. The molecule has 0 radical (unpaired) electrons. The standard InChI is InChI=1S/C20H28N10O13P2S2/c21-19-26-13-7(15(33)28-19)24-6-12(47)11(46)5(41-17(6)25-13)2-40-45(37,38)43-44(35,36)39-1-4-9(31)10(32)18(42-4)30-3-23-8-14(30)27-20(22)29-16(8)34/h3-7,9-12,17-18,24,31-32,46-47H,1-2H2,(H,35,36)(H,37,38)(H3,22,27,29,34)(H3,21,25,26,28,33)/t4-,5-,6+,7?,9-,10-,11+,12-,17-,18-/m1/s1. The van der Waals surface area contributed by atoms with Gasteiger partial charge < -0.3 is 40.9 Å². The number of aliphatic hydroxyl groups excluding tert-OH is 2. The number of H-pyrrole nitrogens is 1. The molecule has 2 saturated heterocycles. The lowest BCUT2D eigenvalue weighted by Gasteiger charge is -2.46. The zero-order valence-electron chi connectivity index (χ0n) is 23.4. The summed E-state index contributed by atoms with van der Waals surface area (Å²) in [7, 11) is -10.7. The molecular formula is C20H28N10O13P2S2. The van der Waals surface area contributed by atoms with Crippen molar-refractivity contribution < 1.29 is 56.8 Å². The molecule has 0 saturated carbocycles. The van der Waals surface area contributed by atoms with Crippen molar-refractivity contribution in [3.8, 4) is 0 Å². The quantitative estimate of drug-likeness (QED) is 0.0863. The third-order valence-corrected chi connectivity index (χ3v) is 11.6. The van der Waals surface area contributed by atoms with E-state index in [0.29, 0.717) is 0 Å². The van der Waals surface area contributed by atoms with Crippen LogP contribution in [0.4, 0.5) is 5.95 Å². The van der Waals surface area contributed by atoms with Gasteiger partial charge in [-0.2, -0.15) is 39.5 Å². The smallest absolute Gasteiger partial charge is 0.387 e. The van der Waals surface area contributed by atoms with Gasteiger partial charge in [0, 0.05) is 10.5 Å². The second-order valence-electron chi connectivity index (χ2n) is 10.6. The van der Waals surface area contributed by atoms with E-state index < -0.39 is 99.8 Å². The predicted molar refractivity (Wildman–Crippen MR) is 163 cm³/mol. The summed E-state index contributed by atoms with van der Waals surface area (Å²) in [4.78, 5) is 63.0. The highest BCUT2D eigenvalue weighted by Crippen LogP contribution is 2.60. The van der Waals surface area contributed by atoms with Gasteiger partial charge in [0.25, 0.3) is 11.5 Å². The molecule has 0 spiro atoms. The zero-order chi connectivity index (χ0) is 34.0. The van der Waals surface area contributed by atoms with Crippen LogP contribution in [0.15, 0.2) is 21.1 Å². The Morgan fingerprint density at radius 2 is 1.70 bits per heavy atom. The van der Waals surface area contributed by atoms with Gasteiger partial charge in [0.1, 0.15) is 24.4 Å². The monoisotopic (exact) mass is 742 g/mol. The molecule has 0 aliphatic carbocycles. The van der Waals surface area contributed by atoms with Gasteiger partial charge in [0.05, 0.1) is 31.7 Å². The Balaban J connectivity index is 1.05. The van der Waals surface area contributed by atoms with Crippen molar-refractivity contribution in [2.24, 2.45) is 15.7 Å². The number of phosphoric acid groups is 2. The lowest BCUT2D eigenvalue weighted by molar-refractivity contribution is -0.122. The highest BCUT2D eigenvalue weighted by molar-refractivity contribution is 7.85. The van der Waals surface area contributed by atoms with Gasteiger partial charge in [-0.3, -0.25) is 38.8 Å². The number of imidazole rings is 1. The molecule has 2 fully saturated rings. The second-order valence-corrected chi connectivity index (χ2v) is 14.8. The fourth-order valence-corrected chi connectivity index (χ4v) is 8.08. The molecule has 6 rings (SSSR count). The van der Waals surface area contributed by atoms with Crippen molar-refractivity contribution >= 4 is 75.7 Å². The number of aliphatic imine (C=N–C) groups is 2. The number of hydrogen-bond donors (Lipinski definition) is 11. The van der Waals surface area contributed by atoms with E-state index in [-0.39, 0.29) is 28.9 Å². The molecule has 12 atom stereocenters. The third-order valence-electron chi connectivity index (χ3n) is 7.42. The van der Waals surface area contributed by atoms with Gasteiger partial charge in [-0.1, -0.05) is 0 Å². The second kappa shape index (κ2) is 12.8. The molecule has 2 aromatic rings. The summed E-state index contributed by atoms with van der Waals surface area (Å²) in [5, 5.41) is 25.0. The first-order valence-corrected chi connectivity index (χ1v) is 17.5. The Hall–Kier alpha value is -2.48. The topological polar surface area (TPSA) is 343 Å². The summed E-state index contributed by atoms with van der Waals surface area (Å²) in [6.45, 7) is -1.61. The lowest BCUT2D eigenvalue weighted by Crippen LogP contribution is -2.69. The van der Waals surface area contributed by atoms with Crippen molar-refractivity contribution in [1.82, 2.24) is 30.2 Å². The van der Waals surface area contributed by atoms with Crippen molar-refractivity contribution in [3.05, 3.63) is 16.7 Å². The fourth-order valence-electron chi connectivity index (χ4n) is 5.22. The number of hydrogen-bond acceptors (Lipinski definition) is 20. The Morgan fingerprint density at radius 3 is 2.40 bits per heavy atom. The molecule has 2 aromatic heterocycles. The van der Waals surface area contributed by atoms with Gasteiger partial charge in [0.15, 0.2) is 29.5 Å². The molecule has 47 heavy (non-hydrogen) atoms. The lowest BCUT2D eigenvalue weighted by atomic mass is 9.98. The van der Waals surface area contributed by atoms with Crippen LogP contribution in [-0.2, 0) is 36.8 Å². The highest BCUT2D eigenvalue weighted by atomic mass is 32.1. The van der Waals surface area contributed by atoms with Crippen LogP contribution in [0.25, 0.3) is 11.2 Å². The van der Waals surface area contributed by atoms with Crippen LogP contribution in [0.2, 0.25) is 0 Å². The number of carbonyl (C=O) groups is 1. The minimum atomic E-state index is -5.37. The van der Waals surface area contributed by atoms with Crippen LogP contribution in [0.3, 0.4) is 0 Å². The largest absolute Gasteiger partial charge is 0.481 e. The molecule has 23 nitrogen and oxygen atoms in total. The Morgan fingerprint density at radius 1 is 1.02 bits per heavy atom. The normalized spacial score (nSPS) is 36.4. The molecule has 1 amide bonds. The number of amides is 1. The number of rotatable bonds is 9. The van der Waals surface area contributed by atoms with E-state index in [1.807, 2.05) is 0 Å². The maximum Gasteiger partial charge on any atom is 0.481 e. The zero-order valence-corrected chi connectivity index (χ0v) is 27.0. The number of nitrogen functional groups attached to an aromatic ring is 1. The van der Waals surface area contributed by atoms with E-state index in [0.717, 1.165) is 10.9 Å². The summed E-state index contributed by atoms with van der Waals surface area (Å²) in [5.74, 6) is -0.857. The number of guanidine groups is 1. The van der Waals surface area contributed by atoms with Crippen LogP contribution < -0.4 is 27.7 Å². The molecule has 6 heterocycles. The number of carbonyl (C=O) groups excluding carboxylic acids is 1. The van der Waals surface area contributed by atoms with Crippen molar-refractivity contribution in [1.29, 1.82) is 0 Å².